The van der Waals surface area contributed by atoms with Gasteiger partial charge >= 0.3 is 0 Å². The van der Waals surface area contributed by atoms with E-state index in [1.54, 1.807) is 0 Å². The average molecular weight is 277 g/mol. The molecule has 0 aliphatic heterocycles. The number of hydrogen-bond acceptors (Lipinski definition) is 6. The minimum Gasteiger partial charge on any atom is -0.490 e. The summed E-state index contributed by atoms with van der Waals surface area (Å²) >= 11 is 0. The Morgan fingerprint density at radius 2 is 2.10 bits per heavy atom. The van der Waals surface area contributed by atoms with Gasteiger partial charge in [0.25, 0.3) is 0 Å². The van der Waals surface area contributed by atoms with Gasteiger partial charge in [-0.25, -0.2) is 0 Å². The largest absolute Gasteiger partial charge is 0.490 e. The second-order valence-corrected chi connectivity index (χ2v) is 4.13. The lowest BCUT2D eigenvalue weighted by Gasteiger charge is -2.14. The molecule has 6 nitrogen and oxygen atoms in total. The molecule has 6 heteroatoms. The molecule has 0 amide bonds. The molecule has 0 spiro atoms. The molecule has 2 N–H and O–H groups in total. The third-order valence-electron chi connectivity index (χ3n) is 2.74. The summed E-state index contributed by atoms with van der Waals surface area (Å²) in [5, 5.41) is 3.85. The van der Waals surface area contributed by atoms with Crippen LogP contribution in [0.2, 0.25) is 0 Å². The van der Waals surface area contributed by atoms with Crippen LogP contribution in [0.3, 0.4) is 0 Å². The van der Waals surface area contributed by atoms with Gasteiger partial charge in [-0.05, 0) is 13.0 Å². The van der Waals surface area contributed by atoms with E-state index in [9.17, 15) is 0 Å². The Bertz CT molecular complexity index is 554. The van der Waals surface area contributed by atoms with Gasteiger partial charge in [-0.3, -0.25) is 0 Å². The molecule has 0 unspecified atom stereocenters. The number of aromatic nitrogens is 2. The Balaban J connectivity index is 2.14. The molecule has 1 heterocycles. The van der Waals surface area contributed by atoms with Gasteiger partial charge in [0.05, 0.1) is 6.61 Å². The number of nitrogens with zero attached hydrogens (tertiary/aromatic N) is 2. The van der Waals surface area contributed by atoms with Crippen molar-refractivity contribution in [2.45, 2.75) is 33.4 Å². The van der Waals surface area contributed by atoms with Gasteiger partial charge in [0, 0.05) is 18.5 Å². The fraction of sp³-hybridized carbons (Fsp3) is 0.429. The molecule has 0 fully saturated rings. The fourth-order valence-corrected chi connectivity index (χ4v) is 1.78. The monoisotopic (exact) mass is 277 g/mol. The summed E-state index contributed by atoms with van der Waals surface area (Å²) in [5.74, 6) is 2.42. The second-order valence-electron chi connectivity index (χ2n) is 4.13. The van der Waals surface area contributed by atoms with Gasteiger partial charge in [0.15, 0.2) is 18.1 Å². The molecular formula is C14H19N3O3. The van der Waals surface area contributed by atoms with Crippen LogP contribution in [0.25, 0.3) is 0 Å². The molecule has 0 aliphatic carbocycles. The Morgan fingerprint density at radius 3 is 2.75 bits per heavy atom. The minimum atomic E-state index is 0.223. The van der Waals surface area contributed by atoms with Gasteiger partial charge in [-0.15, -0.1) is 0 Å². The van der Waals surface area contributed by atoms with E-state index >= 15 is 0 Å². The summed E-state index contributed by atoms with van der Waals surface area (Å²) in [7, 11) is 0. The number of para-hydroxylation sites is 1. The van der Waals surface area contributed by atoms with Crippen LogP contribution in [-0.4, -0.2) is 16.7 Å². The maximum Gasteiger partial charge on any atom is 0.226 e. The molecule has 1 aromatic heterocycles. The fourth-order valence-electron chi connectivity index (χ4n) is 1.78. The summed E-state index contributed by atoms with van der Waals surface area (Å²) in [6, 6.07) is 5.65. The van der Waals surface area contributed by atoms with Crippen LogP contribution in [0.4, 0.5) is 0 Å². The average Bonchev–Trinajstić information content (AvgIpc) is 2.94. The standard InChI is InChI=1S/C14H19N3O3/c1-3-13-16-12(17-20-13)9-19-14-10(8-15)6-5-7-11(14)18-4-2/h5-7H,3-4,8-9,15H2,1-2H3. The van der Waals surface area contributed by atoms with E-state index < -0.39 is 0 Å². The summed E-state index contributed by atoms with van der Waals surface area (Å²) in [4.78, 5) is 4.20. The highest BCUT2D eigenvalue weighted by atomic mass is 16.5. The number of benzene rings is 1. The number of nitrogens with two attached hydrogens (primary N) is 1. The van der Waals surface area contributed by atoms with E-state index in [4.69, 9.17) is 19.7 Å². The maximum absolute atomic E-state index is 5.77. The van der Waals surface area contributed by atoms with Crippen LogP contribution < -0.4 is 15.2 Å². The third kappa shape index (κ3) is 3.27. The molecule has 0 aliphatic rings. The number of rotatable bonds is 7. The van der Waals surface area contributed by atoms with Crippen LogP contribution in [0.5, 0.6) is 11.5 Å². The highest BCUT2D eigenvalue weighted by molar-refractivity contribution is 5.46. The first-order chi connectivity index (χ1) is 9.78. The summed E-state index contributed by atoms with van der Waals surface area (Å²) in [6.45, 7) is 5.04. The van der Waals surface area contributed by atoms with Gasteiger partial charge in [-0.1, -0.05) is 24.2 Å². The van der Waals surface area contributed by atoms with Crippen molar-refractivity contribution < 1.29 is 14.0 Å². The van der Waals surface area contributed by atoms with E-state index in [2.05, 4.69) is 10.1 Å². The van der Waals surface area contributed by atoms with Crippen LogP contribution in [-0.2, 0) is 19.6 Å². The molecule has 0 radical (unpaired) electrons. The zero-order chi connectivity index (χ0) is 14.4. The molecule has 1 aromatic carbocycles. The van der Waals surface area contributed by atoms with Crippen molar-refractivity contribution in [3.05, 3.63) is 35.5 Å². The predicted octanol–water partition coefficient (Wildman–Crippen LogP) is 2.07. The van der Waals surface area contributed by atoms with Crippen LogP contribution in [0, 0.1) is 0 Å². The lowest BCUT2D eigenvalue weighted by Crippen LogP contribution is -2.06. The molecular weight excluding hydrogens is 258 g/mol. The zero-order valence-corrected chi connectivity index (χ0v) is 11.8. The van der Waals surface area contributed by atoms with Crippen molar-refractivity contribution in [2.24, 2.45) is 5.73 Å². The first-order valence-corrected chi connectivity index (χ1v) is 6.67. The molecule has 0 atom stereocenters. The quantitative estimate of drug-likeness (QED) is 0.834. The maximum atomic E-state index is 5.77. The number of aryl methyl sites for hydroxylation is 1. The first kappa shape index (κ1) is 14.3. The van der Waals surface area contributed by atoms with Crippen molar-refractivity contribution >= 4 is 0 Å². The van der Waals surface area contributed by atoms with E-state index in [0.717, 1.165) is 5.56 Å². The number of ether oxygens (including phenoxy) is 2. The lowest BCUT2D eigenvalue weighted by molar-refractivity contribution is 0.255. The highest BCUT2D eigenvalue weighted by Gasteiger charge is 2.12. The molecule has 2 aromatic rings. The molecule has 0 saturated carbocycles. The van der Waals surface area contributed by atoms with E-state index in [0.29, 0.717) is 42.8 Å². The molecule has 0 saturated heterocycles. The third-order valence-corrected chi connectivity index (χ3v) is 2.74. The lowest BCUT2D eigenvalue weighted by atomic mass is 10.2. The Labute approximate surface area is 117 Å². The van der Waals surface area contributed by atoms with Gasteiger partial charge < -0.3 is 19.7 Å². The van der Waals surface area contributed by atoms with Crippen LogP contribution in [0.1, 0.15) is 31.1 Å². The van der Waals surface area contributed by atoms with E-state index in [1.165, 1.54) is 0 Å². The minimum absolute atomic E-state index is 0.223. The van der Waals surface area contributed by atoms with Crippen LogP contribution >= 0.6 is 0 Å². The normalized spacial score (nSPS) is 10.6. The Kier molecular flexibility index (Phi) is 4.95. The van der Waals surface area contributed by atoms with E-state index in [1.807, 2.05) is 32.0 Å². The molecule has 0 bridgehead atoms. The summed E-state index contributed by atoms with van der Waals surface area (Å²) < 4.78 is 16.4. The van der Waals surface area contributed by atoms with Crippen molar-refractivity contribution in [3.8, 4) is 11.5 Å². The molecule has 20 heavy (non-hydrogen) atoms. The number of hydrogen-bond donors (Lipinski definition) is 1. The smallest absolute Gasteiger partial charge is 0.226 e. The van der Waals surface area contributed by atoms with Crippen LogP contribution in [0.15, 0.2) is 22.7 Å². The Hall–Kier alpha value is -2.08. The SMILES string of the molecule is CCOc1cccc(CN)c1OCc1noc(CC)n1. The topological polar surface area (TPSA) is 83.4 Å². The van der Waals surface area contributed by atoms with Crippen molar-refractivity contribution in [1.29, 1.82) is 0 Å². The predicted molar refractivity (Wildman–Crippen MR) is 73.5 cm³/mol. The highest BCUT2D eigenvalue weighted by Crippen LogP contribution is 2.31. The second kappa shape index (κ2) is 6.91. The summed E-state index contributed by atoms with van der Waals surface area (Å²) in [5.41, 5.74) is 6.61. The van der Waals surface area contributed by atoms with Gasteiger partial charge in [-0.2, -0.15) is 4.98 Å². The summed E-state index contributed by atoms with van der Waals surface area (Å²) in [6.07, 6.45) is 0.705. The molecule has 2 rings (SSSR count). The van der Waals surface area contributed by atoms with Crippen molar-refractivity contribution in [3.63, 3.8) is 0 Å². The van der Waals surface area contributed by atoms with Crippen molar-refractivity contribution in [2.75, 3.05) is 6.61 Å². The van der Waals surface area contributed by atoms with E-state index in [-0.39, 0.29) is 6.61 Å². The Morgan fingerprint density at radius 1 is 1.25 bits per heavy atom. The van der Waals surface area contributed by atoms with Crippen molar-refractivity contribution in [1.82, 2.24) is 10.1 Å². The first-order valence-electron chi connectivity index (χ1n) is 6.67. The molecule has 108 valence electrons. The van der Waals surface area contributed by atoms with Gasteiger partial charge in [0.1, 0.15) is 0 Å². The zero-order valence-electron chi connectivity index (χ0n) is 11.8. The van der Waals surface area contributed by atoms with Gasteiger partial charge in [0.2, 0.25) is 11.7 Å².